The first-order chi connectivity index (χ1) is 6.90. The lowest BCUT2D eigenvalue weighted by Crippen LogP contribution is -2.47. The molecule has 2 fully saturated rings. The molecule has 1 heterocycles. The zero-order chi connectivity index (χ0) is 10.4. The Hall–Kier alpha value is -0.340. The quantitative estimate of drug-likeness (QED) is 0.637. The zero-order valence-electron chi connectivity index (χ0n) is 9.54. The van der Waals surface area contributed by atoms with E-state index in [0.29, 0.717) is 0 Å². The SMILES string of the molecule is C=C.CCCN1CCN(C2CC2)CC1. The maximum Gasteiger partial charge on any atom is 0.0113 e. The maximum absolute atomic E-state index is 3.00. The van der Waals surface area contributed by atoms with Gasteiger partial charge in [0, 0.05) is 32.2 Å². The number of nitrogens with zero attached hydrogens (tertiary/aromatic N) is 2. The molecule has 1 aliphatic heterocycles. The van der Waals surface area contributed by atoms with Gasteiger partial charge >= 0.3 is 0 Å². The predicted octanol–water partition coefficient (Wildman–Crippen LogP) is 1.98. The first-order valence-electron chi connectivity index (χ1n) is 5.86. The summed E-state index contributed by atoms with van der Waals surface area (Å²) in [5, 5.41) is 0. The van der Waals surface area contributed by atoms with Crippen LogP contribution in [-0.4, -0.2) is 48.6 Å². The number of rotatable bonds is 3. The minimum Gasteiger partial charge on any atom is -0.301 e. The molecule has 0 amide bonds. The average Bonchev–Trinajstić information content (AvgIpc) is 3.06. The maximum atomic E-state index is 3.00. The molecule has 2 heteroatoms. The molecule has 2 aliphatic rings. The van der Waals surface area contributed by atoms with Crippen LogP contribution in [0.1, 0.15) is 26.2 Å². The standard InChI is InChI=1S/C10H20N2.C2H4/c1-2-5-11-6-8-12(9-7-11)10-3-4-10;1-2/h10H,2-9H2,1H3;1-2H2. The van der Waals surface area contributed by atoms with Gasteiger partial charge in [-0.3, -0.25) is 4.90 Å². The van der Waals surface area contributed by atoms with Gasteiger partial charge in [0.15, 0.2) is 0 Å². The molecule has 1 saturated heterocycles. The molecule has 14 heavy (non-hydrogen) atoms. The molecule has 0 N–H and O–H groups in total. The van der Waals surface area contributed by atoms with Crippen molar-refractivity contribution in [2.24, 2.45) is 0 Å². The zero-order valence-corrected chi connectivity index (χ0v) is 9.54. The lowest BCUT2D eigenvalue weighted by molar-refractivity contribution is 0.127. The van der Waals surface area contributed by atoms with E-state index in [2.05, 4.69) is 29.9 Å². The highest BCUT2D eigenvalue weighted by Crippen LogP contribution is 2.27. The van der Waals surface area contributed by atoms with Gasteiger partial charge in [0.05, 0.1) is 0 Å². The Morgan fingerprint density at radius 1 is 1.07 bits per heavy atom. The number of hydrogen-bond acceptors (Lipinski definition) is 2. The van der Waals surface area contributed by atoms with Gasteiger partial charge in [-0.1, -0.05) is 6.92 Å². The van der Waals surface area contributed by atoms with Crippen molar-refractivity contribution in [1.82, 2.24) is 9.80 Å². The Bertz CT molecular complexity index is 146. The van der Waals surface area contributed by atoms with Crippen molar-refractivity contribution < 1.29 is 0 Å². The van der Waals surface area contributed by atoms with Crippen LogP contribution in [0.4, 0.5) is 0 Å². The molecule has 2 rings (SSSR count). The Labute approximate surface area is 88.6 Å². The highest BCUT2D eigenvalue weighted by molar-refractivity contribution is 4.87. The van der Waals surface area contributed by atoms with E-state index in [1.807, 2.05) is 0 Å². The van der Waals surface area contributed by atoms with Crippen LogP contribution in [0, 0.1) is 0 Å². The molecule has 0 aromatic carbocycles. The van der Waals surface area contributed by atoms with Crippen molar-refractivity contribution in [3.8, 4) is 0 Å². The second kappa shape index (κ2) is 6.20. The highest BCUT2D eigenvalue weighted by atomic mass is 15.3. The second-order valence-corrected chi connectivity index (χ2v) is 4.11. The molecular formula is C12H24N2. The lowest BCUT2D eigenvalue weighted by atomic mass is 10.3. The van der Waals surface area contributed by atoms with E-state index in [9.17, 15) is 0 Å². The van der Waals surface area contributed by atoms with E-state index in [0.717, 1.165) is 6.04 Å². The third kappa shape index (κ3) is 3.43. The summed E-state index contributed by atoms with van der Waals surface area (Å²) in [5.41, 5.74) is 0. The molecule has 0 unspecified atom stereocenters. The molecule has 0 aromatic rings. The molecule has 0 atom stereocenters. The van der Waals surface area contributed by atoms with Crippen molar-refractivity contribution in [2.45, 2.75) is 32.2 Å². The summed E-state index contributed by atoms with van der Waals surface area (Å²) in [7, 11) is 0. The second-order valence-electron chi connectivity index (χ2n) is 4.11. The van der Waals surface area contributed by atoms with Crippen LogP contribution in [0.5, 0.6) is 0 Å². The molecule has 0 aromatic heterocycles. The molecule has 0 bridgehead atoms. The highest BCUT2D eigenvalue weighted by Gasteiger charge is 2.30. The van der Waals surface area contributed by atoms with Crippen LogP contribution in [0.25, 0.3) is 0 Å². The van der Waals surface area contributed by atoms with Gasteiger partial charge in [0.2, 0.25) is 0 Å². The molecular weight excluding hydrogens is 172 g/mol. The molecule has 82 valence electrons. The van der Waals surface area contributed by atoms with Gasteiger partial charge in [-0.25, -0.2) is 0 Å². The Morgan fingerprint density at radius 2 is 1.64 bits per heavy atom. The fourth-order valence-electron chi connectivity index (χ4n) is 2.11. The van der Waals surface area contributed by atoms with Gasteiger partial charge in [-0.2, -0.15) is 0 Å². The molecule has 2 nitrogen and oxygen atoms in total. The summed E-state index contributed by atoms with van der Waals surface area (Å²) in [6.07, 6.45) is 4.24. The molecule has 0 spiro atoms. The van der Waals surface area contributed by atoms with Crippen molar-refractivity contribution in [1.29, 1.82) is 0 Å². The summed E-state index contributed by atoms with van der Waals surface area (Å²) >= 11 is 0. The number of piperazine rings is 1. The van der Waals surface area contributed by atoms with Crippen LogP contribution in [0.15, 0.2) is 13.2 Å². The summed E-state index contributed by atoms with van der Waals surface area (Å²) < 4.78 is 0. The van der Waals surface area contributed by atoms with Crippen LogP contribution in [0.3, 0.4) is 0 Å². The van der Waals surface area contributed by atoms with Gasteiger partial charge < -0.3 is 4.90 Å². The minimum absolute atomic E-state index is 0.980. The van der Waals surface area contributed by atoms with E-state index >= 15 is 0 Å². The van der Waals surface area contributed by atoms with E-state index in [4.69, 9.17) is 0 Å². The predicted molar refractivity (Wildman–Crippen MR) is 62.6 cm³/mol. The third-order valence-electron chi connectivity index (χ3n) is 3.01. The van der Waals surface area contributed by atoms with Crippen molar-refractivity contribution in [3.63, 3.8) is 0 Å². The van der Waals surface area contributed by atoms with Gasteiger partial charge in [0.1, 0.15) is 0 Å². The first-order valence-corrected chi connectivity index (χ1v) is 5.86. The van der Waals surface area contributed by atoms with Gasteiger partial charge in [0.25, 0.3) is 0 Å². The summed E-state index contributed by atoms with van der Waals surface area (Å²) in [6.45, 7) is 14.8. The Morgan fingerprint density at radius 3 is 2.07 bits per heavy atom. The van der Waals surface area contributed by atoms with Crippen molar-refractivity contribution in [2.75, 3.05) is 32.7 Å². The van der Waals surface area contributed by atoms with Crippen molar-refractivity contribution in [3.05, 3.63) is 13.2 Å². The van der Waals surface area contributed by atoms with Crippen LogP contribution in [0.2, 0.25) is 0 Å². The van der Waals surface area contributed by atoms with Gasteiger partial charge in [-0.15, -0.1) is 13.2 Å². The van der Waals surface area contributed by atoms with E-state index in [1.165, 1.54) is 52.0 Å². The normalized spacial score (nSPS) is 24.1. The van der Waals surface area contributed by atoms with Crippen molar-refractivity contribution >= 4 is 0 Å². The Kier molecular flexibility index (Phi) is 5.20. The van der Waals surface area contributed by atoms with Crippen LogP contribution >= 0.6 is 0 Å². The topological polar surface area (TPSA) is 6.48 Å². The summed E-state index contributed by atoms with van der Waals surface area (Å²) in [6, 6.07) is 0.980. The van der Waals surface area contributed by atoms with E-state index in [-0.39, 0.29) is 0 Å². The van der Waals surface area contributed by atoms with Crippen LogP contribution in [-0.2, 0) is 0 Å². The minimum atomic E-state index is 0.980. The fourth-order valence-corrected chi connectivity index (χ4v) is 2.11. The summed E-state index contributed by atoms with van der Waals surface area (Å²) in [4.78, 5) is 5.27. The molecule has 1 aliphatic carbocycles. The van der Waals surface area contributed by atoms with E-state index in [1.54, 1.807) is 0 Å². The van der Waals surface area contributed by atoms with Gasteiger partial charge in [-0.05, 0) is 25.8 Å². The molecule has 1 saturated carbocycles. The largest absolute Gasteiger partial charge is 0.301 e. The summed E-state index contributed by atoms with van der Waals surface area (Å²) in [5.74, 6) is 0. The fraction of sp³-hybridized carbons (Fsp3) is 0.833. The lowest BCUT2D eigenvalue weighted by Gasteiger charge is -2.34. The monoisotopic (exact) mass is 196 g/mol. The average molecular weight is 196 g/mol. The first kappa shape index (κ1) is 11.7. The molecule has 0 radical (unpaired) electrons. The van der Waals surface area contributed by atoms with Crippen LogP contribution < -0.4 is 0 Å². The van der Waals surface area contributed by atoms with E-state index < -0.39 is 0 Å². The Balaban J connectivity index is 0.000000461. The third-order valence-corrected chi connectivity index (χ3v) is 3.01. The number of hydrogen-bond donors (Lipinski definition) is 0. The smallest absolute Gasteiger partial charge is 0.0113 e.